The number of H-pyrrole nitrogens is 1. The molecule has 0 saturated carbocycles. The van der Waals surface area contributed by atoms with E-state index in [-0.39, 0.29) is 0 Å². The van der Waals surface area contributed by atoms with Gasteiger partial charge in [-0.2, -0.15) is 0 Å². The van der Waals surface area contributed by atoms with Gasteiger partial charge in [0.15, 0.2) is 0 Å². The molecule has 1 aromatic heterocycles. The van der Waals surface area contributed by atoms with Crippen molar-refractivity contribution in [2.24, 2.45) is 0 Å². The van der Waals surface area contributed by atoms with Crippen molar-refractivity contribution in [3.8, 4) is 11.1 Å². The van der Waals surface area contributed by atoms with Crippen LogP contribution in [0.4, 0.5) is 0 Å². The van der Waals surface area contributed by atoms with Gasteiger partial charge < -0.3 is 4.98 Å². The van der Waals surface area contributed by atoms with Gasteiger partial charge in [0.1, 0.15) is 0 Å². The standard InChI is InChI=1S/C20H13N/c1-2-5-13(6-3-1)16-11-15-10-9-14-7-4-8-17-19(14)20(15)18(12-16)21-17/h1-12,21H. The number of aromatic amines is 1. The third-order valence-electron chi connectivity index (χ3n) is 4.33. The van der Waals surface area contributed by atoms with Gasteiger partial charge >= 0.3 is 0 Å². The molecule has 0 aliphatic heterocycles. The van der Waals surface area contributed by atoms with Crippen LogP contribution in [0.3, 0.4) is 0 Å². The fraction of sp³-hybridized carbons (Fsp3) is 0. The van der Waals surface area contributed by atoms with Gasteiger partial charge in [-0.05, 0) is 40.1 Å². The second-order valence-corrected chi connectivity index (χ2v) is 5.58. The van der Waals surface area contributed by atoms with Gasteiger partial charge in [-0.25, -0.2) is 0 Å². The topological polar surface area (TPSA) is 15.8 Å². The molecule has 0 saturated heterocycles. The summed E-state index contributed by atoms with van der Waals surface area (Å²) in [5, 5.41) is 5.31. The Morgan fingerprint density at radius 3 is 2.24 bits per heavy atom. The Kier molecular flexibility index (Phi) is 2.01. The van der Waals surface area contributed by atoms with Gasteiger partial charge in [0.05, 0.1) is 0 Å². The second kappa shape index (κ2) is 3.86. The Labute approximate surface area is 122 Å². The van der Waals surface area contributed by atoms with Gasteiger partial charge in [-0.1, -0.05) is 54.6 Å². The van der Waals surface area contributed by atoms with Crippen molar-refractivity contribution >= 4 is 32.6 Å². The van der Waals surface area contributed by atoms with Crippen molar-refractivity contribution in [3.63, 3.8) is 0 Å². The van der Waals surface area contributed by atoms with E-state index >= 15 is 0 Å². The van der Waals surface area contributed by atoms with Gasteiger partial charge in [-0.15, -0.1) is 0 Å². The van der Waals surface area contributed by atoms with E-state index in [9.17, 15) is 0 Å². The van der Waals surface area contributed by atoms with E-state index in [1.807, 2.05) is 0 Å². The van der Waals surface area contributed by atoms with Crippen molar-refractivity contribution < 1.29 is 0 Å². The highest BCUT2D eigenvalue weighted by atomic mass is 14.7. The van der Waals surface area contributed by atoms with Crippen LogP contribution in [0.15, 0.2) is 72.8 Å². The molecule has 0 fully saturated rings. The number of hydrogen-bond acceptors (Lipinski definition) is 0. The predicted octanol–water partition coefficient (Wildman–Crippen LogP) is 5.58. The summed E-state index contributed by atoms with van der Waals surface area (Å²) in [4.78, 5) is 3.57. The highest BCUT2D eigenvalue weighted by Gasteiger charge is 2.11. The van der Waals surface area contributed by atoms with E-state index in [0.717, 1.165) is 0 Å². The van der Waals surface area contributed by atoms with Crippen LogP contribution < -0.4 is 0 Å². The molecule has 21 heavy (non-hydrogen) atoms. The molecule has 1 heterocycles. The lowest BCUT2D eigenvalue weighted by Gasteiger charge is -2.06. The molecule has 4 aromatic carbocycles. The maximum Gasteiger partial charge on any atom is 0.0477 e. The Hall–Kier alpha value is -2.80. The highest BCUT2D eigenvalue weighted by molar-refractivity contribution is 6.23. The first-order valence-corrected chi connectivity index (χ1v) is 7.22. The van der Waals surface area contributed by atoms with Crippen LogP contribution >= 0.6 is 0 Å². The monoisotopic (exact) mass is 267 g/mol. The van der Waals surface area contributed by atoms with Crippen molar-refractivity contribution in [1.82, 2.24) is 4.98 Å². The lowest BCUT2D eigenvalue weighted by molar-refractivity contribution is 1.55. The number of hydrogen-bond donors (Lipinski definition) is 1. The molecule has 5 aromatic rings. The van der Waals surface area contributed by atoms with E-state index in [1.54, 1.807) is 0 Å². The predicted molar refractivity (Wildman–Crippen MR) is 89.9 cm³/mol. The molecule has 0 radical (unpaired) electrons. The Balaban J connectivity index is 1.95. The van der Waals surface area contributed by atoms with Crippen molar-refractivity contribution in [2.75, 3.05) is 0 Å². The minimum absolute atomic E-state index is 1.22. The SMILES string of the molecule is c1ccc(-c2cc3ccc4cccc5[nH]c(c2)c3c45)cc1. The highest BCUT2D eigenvalue weighted by Crippen LogP contribution is 2.37. The van der Waals surface area contributed by atoms with Crippen LogP contribution in [-0.4, -0.2) is 4.98 Å². The Morgan fingerprint density at radius 1 is 0.524 bits per heavy atom. The van der Waals surface area contributed by atoms with E-state index < -0.39 is 0 Å². The molecule has 1 nitrogen and oxygen atoms in total. The molecule has 1 N–H and O–H groups in total. The zero-order valence-corrected chi connectivity index (χ0v) is 11.4. The first-order chi connectivity index (χ1) is 10.4. The summed E-state index contributed by atoms with van der Waals surface area (Å²) >= 11 is 0. The maximum absolute atomic E-state index is 3.57. The molecule has 0 spiro atoms. The first-order valence-electron chi connectivity index (χ1n) is 7.22. The smallest absolute Gasteiger partial charge is 0.0477 e. The molecule has 5 rings (SSSR count). The quantitative estimate of drug-likeness (QED) is 0.382. The lowest BCUT2D eigenvalue weighted by atomic mass is 9.97. The molecule has 0 aliphatic carbocycles. The van der Waals surface area contributed by atoms with E-state index in [2.05, 4.69) is 77.8 Å². The molecule has 0 amide bonds. The summed E-state index contributed by atoms with van der Waals surface area (Å²) in [7, 11) is 0. The van der Waals surface area contributed by atoms with Crippen LogP contribution in [-0.2, 0) is 0 Å². The van der Waals surface area contributed by atoms with Crippen LogP contribution in [0.1, 0.15) is 0 Å². The molecule has 0 atom stereocenters. The molecule has 0 aliphatic rings. The lowest BCUT2D eigenvalue weighted by Crippen LogP contribution is -1.80. The Morgan fingerprint density at radius 2 is 1.33 bits per heavy atom. The molecular weight excluding hydrogens is 254 g/mol. The summed E-state index contributed by atoms with van der Waals surface area (Å²) in [6.45, 7) is 0. The van der Waals surface area contributed by atoms with Crippen LogP contribution in [0.5, 0.6) is 0 Å². The molecule has 98 valence electrons. The fourth-order valence-electron chi connectivity index (χ4n) is 3.39. The third kappa shape index (κ3) is 1.46. The maximum atomic E-state index is 3.57. The largest absolute Gasteiger partial charge is 0.354 e. The summed E-state index contributed by atoms with van der Waals surface area (Å²) in [5.74, 6) is 0. The molecule has 0 unspecified atom stereocenters. The van der Waals surface area contributed by atoms with E-state index in [1.165, 1.54) is 43.7 Å². The summed E-state index contributed by atoms with van der Waals surface area (Å²) in [6.07, 6.45) is 0. The third-order valence-corrected chi connectivity index (χ3v) is 4.33. The summed E-state index contributed by atoms with van der Waals surface area (Å²) in [5.41, 5.74) is 4.96. The van der Waals surface area contributed by atoms with E-state index in [0.29, 0.717) is 0 Å². The molecular formula is C20H13N. The van der Waals surface area contributed by atoms with Gasteiger partial charge in [0, 0.05) is 21.8 Å². The van der Waals surface area contributed by atoms with Gasteiger partial charge in [-0.3, -0.25) is 0 Å². The first kappa shape index (κ1) is 10.9. The van der Waals surface area contributed by atoms with Crippen LogP contribution in [0, 0.1) is 0 Å². The zero-order chi connectivity index (χ0) is 13.8. The average Bonchev–Trinajstić information content (AvgIpc) is 2.93. The normalized spacial score (nSPS) is 11.8. The number of benzene rings is 4. The summed E-state index contributed by atoms with van der Waals surface area (Å²) in [6, 6.07) is 26.0. The van der Waals surface area contributed by atoms with Crippen molar-refractivity contribution in [3.05, 3.63) is 72.8 Å². The second-order valence-electron chi connectivity index (χ2n) is 5.58. The average molecular weight is 267 g/mol. The number of rotatable bonds is 1. The van der Waals surface area contributed by atoms with Crippen molar-refractivity contribution in [2.45, 2.75) is 0 Å². The molecule has 0 bridgehead atoms. The minimum atomic E-state index is 1.22. The van der Waals surface area contributed by atoms with Gasteiger partial charge in [0.25, 0.3) is 0 Å². The molecule has 1 heteroatoms. The minimum Gasteiger partial charge on any atom is -0.354 e. The zero-order valence-electron chi connectivity index (χ0n) is 11.4. The van der Waals surface area contributed by atoms with Gasteiger partial charge in [0.2, 0.25) is 0 Å². The van der Waals surface area contributed by atoms with Crippen molar-refractivity contribution in [1.29, 1.82) is 0 Å². The fourth-order valence-corrected chi connectivity index (χ4v) is 3.39. The van der Waals surface area contributed by atoms with Crippen LogP contribution in [0.2, 0.25) is 0 Å². The Bertz CT molecular complexity index is 1070. The van der Waals surface area contributed by atoms with Crippen LogP contribution in [0.25, 0.3) is 43.7 Å². The summed E-state index contributed by atoms with van der Waals surface area (Å²) < 4.78 is 0. The number of aromatic nitrogens is 1. The van der Waals surface area contributed by atoms with E-state index in [4.69, 9.17) is 0 Å². The number of nitrogens with one attached hydrogen (secondary N) is 1.